The van der Waals surface area contributed by atoms with Crippen LogP contribution in [0.5, 0.6) is 0 Å². The highest BCUT2D eigenvalue weighted by Crippen LogP contribution is 2.27. The van der Waals surface area contributed by atoms with Crippen LogP contribution in [0, 0.1) is 0 Å². The van der Waals surface area contributed by atoms with E-state index >= 15 is 0 Å². The van der Waals surface area contributed by atoms with Crippen molar-refractivity contribution >= 4 is 33.0 Å². The molecule has 0 aliphatic heterocycles. The number of fused-ring (bicyclic) bond motifs is 2. The predicted octanol–water partition coefficient (Wildman–Crippen LogP) is 4.25. The molecule has 2 aromatic heterocycles. The van der Waals surface area contributed by atoms with Crippen molar-refractivity contribution in [3.8, 4) is 11.3 Å². The van der Waals surface area contributed by atoms with Crippen LogP contribution in [0.25, 0.3) is 27.0 Å². The van der Waals surface area contributed by atoms with E-state index in [1.807, 2.05) is 4.90 Å². The van der Waals surface area contributed by atoms with Crippen LogP contribution < -0.4 is 0 Å². The quantitative estimate of drug-likeness (QED) is 0.471. The van der Waals surface area contributed by atoms with Crippen LogP contribution >= 0.6 is 11.3 Å². The lowest BCUT2D eigenvalue weighted by molar-refractivity contribution is -0.129. The zero-order valence-electron chi connectivity index (χ0n) is 16.1. The van der Waals surface area contributed by atoms with Crippen LogP contribution in [-0.2, 0) is 16.0 Å². The van der Waals surface area contributed by atoms with Gasteiger partial charge in [-0.25, -0.2) is 4.98 Å². The number of carbonyl (C=O) groups is 1. The lowest BCUT2D eigenvalue weighted by Gasteiger charge is -2.20. The fourth-order valence-electron chi connectivity index (χ4n) is 3.37. The monoisotopic (exact) mass is 393 g/mol. The third-order valence-corrected chi connectivity index (χ3v) is 5.87. The summed E-state index contributed by atoms with van der Waals surface area (Å²) >= 11 is 1.63. The van der Waals surface area contributed by atoms with E-state index in [0.29, 0.717) is 19.7 Å². The maximum absolute atomic E-state index is 11.8. The second-order valence-electron chi connectivity index (χ2n) is 6.82. The molecule has 144 valence electrons. The summed E-state index contributed by atoms with van der Waals surface area (Å²) in [6.07, 6.45) is 2.88. The Kier molecular flexibility index (Phi) is 5.41. The number of aromatic nitrogens is 2. The Morgan fingerprint density at radius 1 is 1.18 bits per heavy atom. The van der Waals surface area contributed by atoms with Gasteiger partial charge in [-0.15, -0.1) is 11.3 Å². The molecule has 5 nitrogen and oxygen atoms in total. The van der Waals surface area contributed by atoms with Crippen LogP contribution in [0.3, 0.4) is 0 Å². The molecule has 0 radical (unpaired) electrons. The molecule has 0 saturated carbocycles. The molecule has 28 heavy (non-hydrogen) atoms. The average Bonchev–Trinajstić information content (AvgIpc) is 3.29. The van der Waals surface area contributed by atoms with E-state index in [9.17, 15) is 4.79 Å². The zero-order chi connectivity index (χ0) is 19.5. The number of amides is 1. The van der Waals surface area contributed by atoms with Gasteiger partial charge in [0.15, 0.2) is 4.96 Å². The summed E-state index contributed by atoms with van der Waals surface area (Å²) in [5, 5.41) is 4.57. The predicted molar refractivity (Wildman–Crippen MR) is 114 cm³/mol. The van der Waals surface area contributed by atoms with E-state index in [0.717, 1.165) is 22.6 Å². The fourth-order valence-corrected chi connectivity index (χ4v) is 4.28. The summed E-state index contributed by atoms with van der Waals surface area (Å²) in [5.74, 6) is 0.0750. The molecule has 6 heteroatoms. The molecule has 4 rings (SSSR count). The van der Waals surface area contributed by atoms with Gasteiger partial charge in [0.1, 0.15) is 0 Å². The van der Waals surface area contributed by atoms with E-state index in [4.69, 9.17) is 9.72 Å². The van der Waals surface area contributed by atoms with E-state index < -0.39 is 0 Å². The molecule has 0 aliphatic carbocycles. The normalized spacial score (nSPS) is 11.4. The van der Waals surface area contributed by atoms with Crippen molar-refractivity contribution in [2.24, 2.45) is 0 Å². The number of thiazole rings is 1. The molecule has 0 atom stereocenters. The summed E-state index contributed by atoms with van der Waals surface area (Å²) in [4.78, 5) is 19.4. The Balaban J connectivity index is 1.56. The number of carbonyl (C=O) groups excluding carboxylic acids is 1. The van der Waals surface area contributed by atoms with Gasteiger partial charge in [0, 0.05) is 56.4 Å². The summed E-state index contributed by atoms with van der Waals surface area (Å²) in [6, 6.07) is 14.8. The minimum absolute atomic E-state index is 0.0750. The summed E-state index contributed by atoms with van der Waals surface area (Å²) in [7, 11) is 1.65. The van der Waals surface area contributed by atoms with Gasteiger partial charge in [0.05, 0.1) is 12.3 Å². The number of ether oxygens (including phenoxy) is 1. The van der Waals surface area contributed by atoms with Gasteiger partial charge < -0.3 is 9.64 Å². The SMILES string of the molecule is COCCN(CCc1csc2nc(-c3ccc4ccccc4c3)cn12)C(C)=O. The van der Waals surface area contributed by atoms with Gasteiger partial charge >= 0.3 is 0 Å². The Morgan fingerprint density at radius 2 is 2.00 bits per heavy atom. The van der Waals surface area contributed by atoms with Crippen molar-refractivity contribution in [2.75, 3.05) is 26.8 Å². The number of benzene rings is 2. The number of nitrogens with zero attached hydrogens (tertiary/aromatic N) is 3. The topological polar surface area (TPSA) is 46.8 Å². The first-order valence-corrected chi connectivity index (χ1v) is 10.2. The summed E-state index contributed by atoms with van der Waals surface area (Å²) in [6.45, 7) is 3.45. The Hall–Kier alpha value is -2.70. The van der Waals surface area contributed by atoms with Crippen LogP contribution in [0.1, 0.15) is 12.6 Å². The van der Waals surface area contributed by atoms with Gasteiger partial charge in [0.25, 0.3) is 0 Å². The highest BCUT2D eigenvalue weighted by molar-refractivity contribution is 7.15. The Bertz CT molecular complexity index is 1120. The van der Waals surface area contributed by atoms with Crippen molar-refractivity contribution in [3.05, 3.63) is 59.7 Å². The molecule has 4 aromatic rings. The van der Waals surface area contributed by atoms with Gasteiger partial charge in [-0.3, -0.25) is 9.20 Å². The van der Waals surface area contributed by atoms with Gasteiger partial charge in [-0.05, 0) is 16.8 Å². The number of rotatable bonds is 7. The molecular weight excluding hydrogens is 370 g/mol. The third kappa shape index (κ3) is 3.79. The molecule has 0 bridgehead atoms. The molecule has 2 heterocycles. The Labute approximate surface area is 168 Å². The number of hydrogen-bond donors (Lipinski definition) is 0. The maximum Gasteiger partial charge on any atom is 0.219 e. The lowest BCUT2D eigenvalue weighted by Crippen LogP contribution is -2.33. The largest absolute Gasteiger partial charge is 0.383 e. The maximum atomic E-state index is 11.8. The first-order valence-electron chi connectivity index (χ1n) is 9.35. The molecule has 0 fully saturated rings. The second kappa shape index (κ2) is 8.12. The molecule has 2 aromatic carbocycles. The first kappa shape index (κ1) is 18.7. The second-order valence-corrected chi connectivity index (χ2v) is 7.65. The molecule has 0 saturated heterocycles. The number of methoxy groups -OCH3 is 1. The minimum atomic E-state index is 0.0750. The van der Waals surface area contributed by atoms with Crippen LogP contribution in [0.15, 0.2) is 54.0 Å². The van der Waals surface area contributed by atoms with Crippen molar-refractivity contribution in [3.63, 3.8) is 0 Å². The highest BCUT2D eigenvalue weighted by atomic mass is 32.1. The van der Waals surface area contributed by atoms with Crippen LogP contribution in [0.2, 0.25) is 0 Å². The van der Waals surface area contributed by atoms with E-state index in [1.54, 1.807) is 25.4 Å². The van der Waals surface area contributed by atoms with Gasteiger partial charge in [0.2, 0.25) is 5.91 Å². The zero-order valence-corrected chi connectivity index (χ0v) is 16.9. The smallest absolute Gasteiger partial charge is 0.219 e. The van der Waals surface area contributed by atoms with Crippen molar-refractivity contribution in [1.82, 2.24) is 14.3 Å². The average molecular weight is 394 g/mol. The third-order valence-electron chi connectivity index (χ3n) is 4.98. The van der Waals surface area contributed by atoms with E-state index in [2.05, 4.69) is 58.4 Å². The highest BCUT2D eigenvalue weighted by Gasteiger charge is 2.13. The summed E-state index contributed by atoms with van der Waals surface area (Å²) in [5.41, 5.74) is 3.26. The van der Waals surface area contributed by atoms with Crippen molar-refractivity contribution < 1.29 is 9.53 Å². The van der Waals surface area contributed by atoms with Crippen molar-refractivity contribution in [2.45, 2.75) is 13.3 Å². The Morgan fingerprint density at radius 3 is 2.79 bits per heavy atom. The standard InChI is InChI=1S/C22H23N3O2S/c1-16(26)24(11-12-27-2)10-9-20-15-28-22-23-21(14-25(20)22)19-8-7-17-5-3-4-6-18(17)13-19/h3-8,13-15H,9-12H2,1-2H3. The molecule has 0 unspecified atom stereocenters. The first-order chi connectivity index (χ1) is 13.7. The number of hydrogen-bond acceptors (Lipinski definition) is 4. The van der Waals surface area contributed by atoms with E-state index in [-0.39, 0.29) is 5.91 Å². The molecule has 0 spiro atoms. The molecule has 0 aliphatic rings. The number of imidazole rings is 1. The molecular formula is C22H23N3O2S. The van der Waals surface area contributed by atoms with Crippen molar-refractivity contribution in [1.29, 1.82) is 0 Å². The van der Waals surface area contributed by atoms with Crippen LogP contribution in [0.4, 0.5) is 0 Å². The van der Waals surface area contributed by atoms with E-state index in [1.165, 1.54) is 16.5 Å². The fraction of sp³-hybridized carbons (Fsp3) is 0.273. The molecule has 1 amide bonds. The molecule has 0 N–H and O–H groups in total. The van der Waals surface area contributed by atoms with Crippen LogP contribution in [-0.4, -0.2) is 47.0 Å². The lowest BCUT2D eigenvalue weighted by atomic mass is 10.1. The minimum Gasteiger partial charge on any atom is -0.383 e. The van der Waals surface area contributed by atoms with Gasteiger partial charge in [-0.1, -0.05) is 36.4 Å². The summed E-state index contributed by atoms with van der Waals surface area (Å²) < 4.78 is 7.25. The van der Waals surface area contributed by atoms with Gasteiger partial charge in [-0.2, -0.15) is 0 Å².